The first kappa shape index (κ1) is 23.0. The highest BCUT2D eigenvalue weighted by Crippen LogP contribution is 2.38. The van der Waals surface area contributed by atoms with E-state index in [1.165, 1.54) is 18.3 Å². The Balaban J connectivity index is 1.59. The first-order valence-corrected chi connectivity index (χ1v) is 10.3. The number of aromatic nitrogens is 2. The number of hydrogen-bond acceptors (Lipinski definition) is 6. The maximum atomic E-state index is 12.4. The van der Waals surface area contributed by atoms with Crippen LogP contribution in [0.1, 0.15) is 22.3 Å². The molecular weight excluding hydrogens is 449 g/mol. The van der Waals surface area contributed by atoms with E-state index in [9.17, 15) is 22.8 Å². The number of halogens is 3. The molecule has 1 unspecified atom stereocenters. The molecule has 0 radical (unpaired) electrons. The Morgan fingerprint density at radius 1 is 1.26 bits per heavy atom. The number of amides is 2. The number of anilines is 2. The van der Waals surface area contributed by atoms with Crippen molar-refractivity contribution in [2.24, 2.45) is 11.8 Å². The molecule has 0 spiro atoms. The van der Waals surface area contributed by atoms with Crippen LogP contribution in [0.25, 0.3) is 22.0 Å². The van der Waals surface area contributed by atoms with Crippen molar-refractivity contribution in [3.8, 4) is 17.3 Å². The van der Waals surface area contributed by atoms with Gasteiger partial charge in [-0.25, -0.2) is 9.97 Å². The van der Waals surface area contributed by atoms with Crippen molar-refractivity contribution in [1.29, 1.82) is 5.26 Å². The second-order valence-corrected chi connectivity index (χ2v) is 8.08. The number of nitriles is 1. The number of carbonyl (C=O) groups excluding carboxylic acids is 2. The van der Waals surface area contributed by atoms with E-state index in [1.807, 2.05) is 5.32 Å². The molecule has 3 aromatic rings. The van der Waals surface area contributed by atoms with Crippen molar-refractivity contribution < 1.29 is 22.8 Å². The molecule has 1 aliphatic rings. The van der Waals surface area contributed by atoms with Gasteiger partial charge in [-0.3, -0.25) is 9.59 Å². The molecule has 1 aliphatic carbocycles. The van der Waals surface area contributed by atoms with E-state index in [0.717, 1.165) is 0 Å². The normalized spacial score (nSPS) is 17.1. The van der Waals surface area contributed by atoms with Gasteiger partial charge in [0.15, 0.2) is 0 Å². The van der Waals surface area contributed by atoms with E-state index in [-0.39, 0.29) is 29.1 Å². The maximum absolute atomic E-state index is 12.4. The van der Waals surface area contributed by atoms with Crippen molar-refractivity contribution in [1.82, 2.24) is 15.3 Å². The second kappa shape index (κ2) is 8.62. The average Bonchev–Trinajstić information content (AvgIpc) is 3.57. The number of benzene rings is 1. The fourth-order valence-electron chi connectivity index (χ4n) is 3.60. The van der Waals surface area contributed by atoms with E-state index in [0.29, 0.717) is 39.8 Å². The lowest BCUT2D eigenvalue weighted by atomic mass is 10.0. The molecule has 0 bridgehead atoms. The predicted octanol–water partition coefficient (Wildman–Crippen LogP) is 3.58. The topological polar surface area (TPSA) is 134 Å². The third-order valence-corrected chi connectivity index (χ3v) is 5.50. The van der Waals surface area contributed by atoms with E-state index in [2.05, 4.69) is 21.4 Å². The van der Waals surface area contributed by atoms with Gasteiger partial charge in [-0.05, 0) is 48.6 Å². The standard InChI is InChI=1S/C23H19F3N6O2/c1-11-4-12(21(33)30-10-23(24,25)26)2-3-15(11)18-6-13-7-19(29-9-17(13)20(28)31-18)32-22(34)16-5-14(16)8-27/h2-4,6-7,9,14,16H,5,10H2,1H3,(H2,28,31)(H,30,33)(H,29,32,34)/t14-,16?/m1/s1. The molecule has 0 aliphatic heterocycles. The lowest BCUT2D eigenvalue weighted by Gasteiger charge is -2.12. The van der Waals surface area contributed by atoms with Crippen molar-refractivity contribution in [3.63, 3.8) is 0 Å². The summed E-state index contributed by atoms with van der Waals surface area (Å²) in [6.07, 6.45) is -2.48. The Labute approximate surface area is 192 Å². The first-order chi connectivity index (χ1) is 16.1. The van der Waals surface area contributed by atoms with Crippen molar-refractivity contribution in [2.45, 2.75) is 19.5 Å². The summed E-state index contributed by atoms with van der Waals surface area (Å²) in [5.74, 6) is -1.19. The number of pyridine rings is 2. The van der Waals surface area contributed by atoms with Gasteiger partial charge in [0.2, 0.25) is 5.91 Å². The number of carbonyl (C=O) groups is 2. The van der Waals surface area contributed by atoms with Crippen LogP contribution in [0, 0.1) is 30.1 Å². The number of alkyl halides is 3. The monoisotopic (exact) mass is 468 g/mol. The summed E-state index contributed by atoms with van der Waals surface area (Å²) < 4.78 is 37.1. The third kappa shape index (κ3) is 4.91. The number of nitrogens with zero attached hydrogens (tertiary/aromatic N) is 3. The number of nitrogens with two attached hydrogens (primary N) is 1. The van der Waals surface area contributed by atoms with Gasteiger partial charge in [-0.1, -0.05) is 6.07 Å². The summed E-state index contributed by atoms with van der Waals surface area (Å²) in [6.45, 7) is 0.289. The quantitative estimate of drug-likeness (QED) is 0.524. The van der Waals surface area contributed by atoms with Gasteiger partial charge in [-0.15, -0.1) is 0 Å². The molecule has 0 saturated heterocycles. The van der Waals surface area contributed by atoms with E-state index >= 15 is 0 Å². The predicted molar refractivity (Wildman–Crippen MR) is 118 cm³/mol. The molecule has 174 valence electrons. The Hall–Kier alpha value is -4.20. The molecule has 4 N–H and O–H groups in total. The van der Waals surface area contributed by atoms with E-state index in [1.54, 1.807) is 25.1 Å². The Bertz CT molecular complexity index is 1350. The molecular formula is C23H19F3N6O2. The highest BCUT2D eigenvalue weighted by molar-refractivity contribution is 5.99. The lowest BCUT2D eigenvalue weighted by molar-refractivity contribution is -0.123. The molecule has 2 heterocycles. The molecule has 1 fully saturated rings. The molecule has 1 aromatic carbocycles. The number of nitrogen functional groups attached to an aromatic ring is 1. The van der Waals surface area contributed by atoms with Gasteiger partial charge >= 0.3 is 6.18 Å². The molecule has 2 amide bonds. The molecule has 2 aromatic heterocycles. The summed E-state index contributed by atoms with van der Waals surface area (Å²) in [5, 5.41) is 14.7. The van der Waals surface area contributed by atoms with Crippen molar-refractivity contribution >= 4 is 34.2 Å². The zero-order valence-electron chi connectivity index (χ0n) is 17.9. The molecule has 11 heteroatoms. The average molecular weight is 468 g/mol. The minimum Gasteiger partial charge on any atom is -0.383 e. The van der Waals surface area contributed by atoms with E-state index in [4.69, 9.17) is 11.0 Å². The number of nitrogens with one attached hydrogen (secondary N) is 2. The Kier molecular flexibility index (Phi) is 5.83. The summed E-state index contributed by atoms with van der Waals surface area (Å²) >= 11 is 0. The highest BCUT2D eigenvalue weighted by Gasteiger charge is 2.43. The largest absolute Gasteiger partial charge is 0.405 e. The molecule has 4 rings (SSSR count). The van der Waals surface area contributed by atoms with Crippen LogP contribution in [0.5, 0.6) is 0 Å². The highest BCUT2D eigenvalue weighted by atomic mass is 19.4. The van der Waals surface area contributed by atoms with Gasteiger partial charge < -0.3 is 16.4 Å². The Morgan fingerprint density at radius 3 is 2.68 bits per heavy atom. The van der Waals surface area contributed by atoms with Gasteiger partial charge in [-0.2, -0.15) is 18.4 Å². The minimum atomic E-state index is -4.50. The van der Waals surface area contributed by atoms with E-state index < -0.39 is 18.6 Å². The van der Waals surface area contributed by atoms with Crippen LogP contribution in [0.4, 0.5) is 24.8 Å². The van der Waals surface area contributed by atoms with Gasteiger partial charge in [0.25, 0.3) is 5.91 Å². The van der Waals surface area contributed by atoms with Gasteiger partial charge in [0.1, 0.15) is 18.2 Å². The fraction of sp³-hybridized carbons (Fsp3) is 0.261. The summed E-state index contributed by atoms with van der Waals surface area (Å²) in [7, 11) is 0. The van der Waals surface area contributed by atoms with Crippen LogP contribution in [-0.4, -0.2) is 34.5 Å². The number of aryl methyl sites for hydroxylation is 1. The van der Waals surface area contributed by atoms with Crippen molar-refractivity contribution in [3.05, 3.63) is 47.7 Å². The number of fused-ring (bicyclic) bond motifs is 1. The third-order valence-electron chi connectivity index (χ3n) is 5.50. The van der Waals surface area contributed by atoms with Crippen LogP contribution < -0.4 is 16.4 Å². The summed E-state index contributed by atoms with van der Waals surface area (Å²) in [4.78, 5) is 32.9. The van der Waals surface area contributed by atoms with Crippen LogP contribution in [0.15, 0.2) is 36.5 Å². The molecule has 1 saturated carbocycles. The zero-order valence-corrected chi connectivity index (χ0v) is 17.9. The number of hydrogen-bond donors (Lipinski definition) is 3. The molecule has 34 heavy (non-hydrogen) atoms. The Morgan fingerprint density at radius 2 is 2.03 bits per heavy atom. The minimum absolute atomic E-state index is 0.0872. The SMILES string of the molecule is Cc1cc(C(=O)NCC(F)(F)F)ccc1-c1cc2cc(NC(=O)C3C[C@@H]3C#N)ncc2c(N)n1. The van der Waals surface area contributed by atoms with Crippen LogP contribution >= 0.6 is 0 Å². The van der Waals surface area contributed by atoms with Gasteiger partial charge in [0, 0.05) is 22.7 Å². The van der Waals surface area contributed by atoms with Crippen LogP contribution in [-0.2, 0) is 4.79 Å². The van der Waals surface area contributed by atoms with Crippen LogP contribution in [0.2, 0.25) is 0 Å². The summed E-state index contributed by atoms with van der Waals surface area (Å²) in [6, 6.07) is 9.93. The fourth-order valence-corrected chi connectivity index (χ4v) is 3.60. The van der Waals surface area contributed by atoms with Gasteiger partial charge in [0.05, 0.1) is 23.6 Å². The lowest BCUT2D eigenvalue weighted by Crippen LogP contribution is -2.33. The second-order valence-electron chi connectivity index (χ2n) is 8.08. The first-order valence-electron chi connectivity index (χ1n) is 10.3. The molecule has 8 nitrogen and oxygen atoms in total. The van der Waals surface area contributed by atoms with Crippen LogP contribution in [0.3, 0.4) is 0 Å². The molecule has 2 atom stereocenters. The smallest absolute Gasteiger partial charge is 0.383 e. The zero-order chi connectivity index (χ0) is 24.6. The summed E-state index contributed by atoms with van der Waals surface area (Å²) in [5.41, 5.74) is 7.93. The number of rotatable bonds is 5. The van der Waals surface area contributed by atoms with Crippen molar-refractivity contribution in [2.75, 3.05) is 17.6 Å². The maximum Gasteiger partial charge on any atom is 0.405 e.